The van der Waals surface area contributed by atoms with Crippen molar-refractivity contribution in [1.82, 2.24) is 10.3 Å². The molecule has 7 nitrogen and oxygen atoms in total. The van der Waals surface area contributed by atoms with Gasteiger partial charge in [-0.1, -0.05) is 12.1 Å². The van der Waals surface area contributed by atoms with E-state index >= 15 is 4.39 Å². The zero-order valence-electron chi connectivity index (χ0n) is 20.5. The number of nitrogens with zero attached hydrogens (tertiary/aromatic N) is 4. The van der Waals surface area contributed by atoms with Crippen LogP contribution in [0.4, 0.5) is 21.5 Å². The molecule has 0 bridgehead atoms. The summed E-state index contributed by atoms with van der Waals surface area (Å²) in [5.41, 5.74) is 4.00. The average molecular weight is 534 g/mol. The van der Waals surface area contributed by atoms with Gasteiger partial charge in [-0.05, 0) is 75.7 Å². The Kier molecular flexibility index (Phi) is 6.30. The Balaban J connectivity index is 1.36. The van der Waals surface area contributed by atoms with Gasteiger partial charge in [0, 0.05) is 29.4 Å². The van der Waals surface area contributed by atoms with Crippen LogP contribution in [0.2, 0.25) is 0 Å². The molecule has 1 saturated heterocycles. The molecular formula is C27H24FN5O2S2. The fourth-order valence-electron chi connectivity index (χ4n) is 4.51. The highest BCUT2D eigenvalue weighted by Crippen LogP contribution is 2.42. The van der Waals surface area contributed by atoms with Gasteiger partial charge in [0.25, 0.3) is 11.8 Å². The summed E-state index contributed by atoms with van der Waals surface area (Å²) in [6, 6.07) is 9.73. The first-order valence-electron chi connectivity index (χ1n) is 11.8. The van der Waals surface area contributed by atoms with Crippen molar-refractivity contribution in [3.05, 3.63) is 80.8 Å². The van der Waals surface area contributed by atoms with Crippen molar-refractivity contribution < 1.29 is 14.0 Å². The van der Waals surface area contributed by atoms with Crippen molar-refractivity contribution in [1.29, 1.82) is 0 Å². The van der Waals surface area contributed by atoms with Gasteiger partial charge >= 0.3 is 0 Å². The second-order valence-corrected chi connectivity index (χ2v) is 10.9. The van der Waals surface area contributed by atoms with E-state index in [2.05, 4.69) is 15.1 Å². The quantitative estimate of drug-likeness (QED) is 0.317. The Bertz CT molecular complexity index is 1490. The normalized spacial score (nSPS) is 16.7. The SMILES string of the molecule is [C-]#[N+]c1ccc(N2C(=O)C(C)(C)N(c3ccc(CNC(=O)c4scnc4C4CC4)c(F)c3)C2=S)cc1C. The third-order valence-electron chi connectivity index (χ3n) is 6.73. The number of hydrogen-bond donors (Lipinski definition) is 1. The number of rotatable bonds is 6. The van der Waals surface area contributed by atoms with Crippen LogP contribution >= 0.6 is 23.6 Å². The van der Waals surface area contributed by atoms with Crippen LogP contribution in [-0.4, -0.2) is 27.4 Å². The second kappa shape index (κ2) is 9.32. The Morgan fingerprint density at radius 2 is 2.00 bits per heavy atom. The molecule has 2 fully saturated rings. The maximum atomic E-state index is 15.2. The highest BCUT2D eigenvalue weighted by Gasteiger charge is 2.50. The van der Waals surface area contributed by atoms with E-state index < -0.39 is 11.4 Å². The monoisotopic (exact) mass is 533 g/mol. The topological polar surface area (TPSA) is 69.9 Å². The van der Waals surface area contributed by atoms with Crippen molar-refractivity contribution in [3.8, 4) is 0 Å². The highest BCUT2D eigenvalue weighted by molar-refractivity contribution is 7.81. The number of hydrogen-bond acceptors (Lipinski definition) is 5. The molecule has 0 unspecified atom stereocenters. The van der Waals surface area contributed by atoms with Gasteiger partial charge in [-0.25, -0.2) is 14.2 Å². The van der Waals surface area contributed by atoms with Crippen LogP contribution in [0.15, 0.2) is 41.9 Å². The molecule has 2 aromatic carbocycles. The molecule has 0 spiro atoms. The zero-order valence-corrected chi connectivity index (χ0v) is 22.2. The number of benzene rings is 2. The Morgan fingerprint density at radius 3 is 2.65 bits per heavy atom. The van der Waals surface area contributed by atoms with Crippen LogP contribution in [0.1, 0.15) is 59.1 Å². The van der Waals surface area contributed by atoms with Gasteiger partial charge in [-0.15, -0.1) is 11.3 Å². The Hall–Kier alpha value is -3.68. The molecule has 0 radical (unpaired) electrons. The number of thiocarbonyl (C=S) groups is 1. The molecule has 1 aliphatic carbocycles. The molecule has 1 saturated carbocycles. The number of aromatic nitrogens is 1. The minimum Gasteiger partial charge on any atom is -0.347 e. The highest BCUT2D eigenvalue weighted by atomic mass is 32.1. The molecule has 3 aromatic rings. The summed E-state index contributed by atoms with van der Waals surface area (Å²) in [6.45, 7) is 12.6. The molecule has 2 aliphatic rings. The van der Waals surface area contributed by atoms with E-state index in [0.29, 0.717) is 33.4 Å². The van der Waals surface area contributed by atoms with Crippen molar-refractivity contribution in [2.75, 3.05) is 9.80 Å². The fourth-order valence-corrected chi connectivity index (χ4v) is 5.82. The van der Waals surface area contributed by atoms with E-state index in [0.717, 1.165) is 24.1 Å². The number of thiazole rings is 1. The number of aryl methyl sites for hydroxylation is 1. The minimum absolute atomic E-state index is 0.0263. The lowest BCUT2D eigenvalue weighted by Crippen LogP contribution is -2.44. The molecule has 2 heterocycles. The van der Waals surface area contributed by atoms with Crippen molar-refractivity contribution in [2.45, 2.75) is 51.6 Å². The maximum Gasteiger partial charge on any atom is 0.263 e. The number of anilines is 2. The molecule has 2 amide bonds. The number of halogens is 1. The molecule has 5 rings (SSSR count). The summed E-state index contributed by atoms with van der Waals surface area (Å²) in [6.07, 6.45) is 2.08. The first-order valence-corrected chi connectivity index (χ1v) is 13.1. The van der Waals surface area contributed by atoms with Crippen molar-refractivity contribution >= 4 is 57.5 Å². The molecule has 10 heteroatoms. The standard InChI is InChI=1S/C27H24FN5O2S2/c1-15-11-18(9-10-21(15)29-4)32-25(35)27(2,3)33(26(32)36)19-8-7-17(20(28)12-19)13-30-24(34)23-22(16-5-6-16)31-14-37-23/h7-12,14,16H,5-6,13H2,1-3H3,(H,30,34). The summed E-state index contributed by atoms with van der Waals surface area (Å²) in [5.74, 6) is -0.658. The van der Waals surface area contributed by atoms with E-state index in [1.807, 2.05) is 0 Å². The molecular weight excluding hydrogens is 509 g/mol. The average Bonchev–Trinajstić information content (AvgIpc) is 3.55. The fraction of sp³-hybridized carbons (Fsp3) is 0.296. The zero-order chi connectivity index (χ0) is 26.5. The summed E-state index contributed by atoms with van der Waals surface area (Å²) >= 11 is 6.99. The lowest BCUT2D eigenvalue weighted by atomic mass is 10.0. The van der Waals surface area contributed by atoms with E-state index in [-0.39, 0.29) is 23.5 Å². The third kappa shape index (κ3) is 4.38. The molecule has 0 atom stereocenters. The number of carbonyl (C=O) groups is 2. The smallest absolute Gasteiger partial charge is 0.263 e. The van der Waals surface area contributed by atoms with Gasteiger partial charge in [0.15, 0.2) is 10.8 Å². The molecule has 37 heavy (non-hydrogen) atoms. The third-order valence-corrected chi connectivity index (χ3v) is 7.93. The first-order chi connectivity index (χ1) is 17.6. The van der Waals surface area contributed by atoms with Gasteiger partial charge in [0.1, 0.15) is 16.2 Å². The van der Waals surface area contributed by atoms with Crippen LogP contribution in [0.3, 0.4) is 0 Å². The first kappa shape index (κ1) is 25.0. The van der Waals surface area contributed by atoms with Gasteiger partial charge in [0.05, 0.1) is 17.8 Å². The molecule has 1 N–H and O–H groups in total. The molecule has 1 aromatic heterocycles. The summed E-state index contributed by atoms with van der Waals surface area (Å²) in [4.78, 5) is 37.5. The number of nitrogens with one attached hydrogen (secondary N) is 1. The predicted molar refractivity (Wildman–Crippen MR) is 146 cm³/mol. The van der Waals surface area contributed by atoms with Gasteiger partial charge in [-0.3, -0.25) is 14.5 Å². The van der Waals surface area contributed by atoms with Gasteiger partial charge in [-0.2, -0.15) is 0 Å². The van der Waals surface area contributed by atoms with E-state index in [9.17, 15) is 9.59 Å². The Labute approximate surface area is 223 Å². The van der Waals surface area contributed by atoms with E-state index in [1.165, 1.54) is 22.3 Å². The van der Waals surface area contributed by atoms with Crippen molar-refractivity contribution in [2.24, 2.45) is 0 Å². The van der Waals surface area contributed by atoms with E-state index in [1.54, 1.807) is 61.5 Å². The van der Waals surface area contributed by atoms with Crippen LogP contribution in [0.5, 0.6) is 0 Å². The van der Waals surface area contributed by atoms with E-state index in [4.69, 9.17) is 18.8 Å². The lowest BCUT2D eigenvalue weighted by Gasteiger charge is -2.29. The van der Waals surface area contributed by atoms with Crippen LogP contribution in [0.25, 0.3) is 4.85 Å². The lowest BCUT2D eigenvalue weighted by molar-refractivity contribution is -0.120. The molecule has 188 valence electrons. The van der Waals surface area contributed by atoms with Crippen LogP contribution in [-0.2, 0) is 11.3 Å². The second-order valence-electron chi connectivity index (χ2n) is 9.70. The summed E-state index contributed by atoms with van der Waals surface area (Å²) in [5, 5.41) is 3.02. The largest absolute Gasteiger partial charge is 0.347 e. The Morgan fingerprint density at radius 1 is 1.27 bits per heavy atom. The van der Waals surface area contributed by atoms with Crippen LogP contribution < -0.4 is 15.1 Å². The summed E-state index contributed by atoms with van der Waals surface area (Å²) in [7, 11) is 0. The number of carbonyl (C=O) groups excluding carboxylic acids is 2. The van der Waals surface area contributed by atoms with Gasteiger partial charge in [0.2, 0.25) is 0 Å². The van der Waals surface area contributed by atoms with Gasteiger partial charge < -0.3 is 10.2 Å². The van der Waals surface area contributed by atoms with Crippen molar-refractivity contribution in [3.63, 3.8) is 0 Å². The molecule has 1 aliphatic heterocycles. The summed E-state index contributed by atoms with van der Waals surface area (Å²) < 4.78 is 15.2. The van der Waals surface area contributed by atoms with Crippen LogP contribution in [0, 0.1) is 19.3 Å². The minimum atomic E-state index is -1.06. The predicted octanol–water partition coefficient (Wildman–Crippen LogP) is 5.87. The maximum absolute atomic E-state index is 15.2. The number of amides is 2.